The van der Waals surface area contributed by atoms with Crippen molar-refractivity contribution in [3.8, 4) is 22.3 Å². The van der Waals surface area contributed by atoms with Crippen LogP contribution in [0.15, 0.2) is 54.7 Å². The lowest BCUT2D eigenvalue weighted by Crippen LogP contribution is -2.10. The van der Waals surface area contributed by atoms with Crippen LogP contribution < -0.4 is 0 Å². The Kier molecular flexibility index (Phi) is 5.65. The van der Waals surface area contributed by atoms with Gasteiger partial charge in [-0.2, -0.15) is 0 Å². The second kappa shape index (κ2) is 8.14. The van der Waals surface area contributed by atoms with Crippen LogP contribution in [-0.2, 0) is 11.8 Å². The molecule has 0 atom stereocenters. The number of nitrogens with zero attached hydrogens (tertiary/aromatic N) is 2. The molecular weight excluding hydrogens is 348 g/mol. The van der Waals surface area contributed by atoms with Crippen molar-refractivity contribution >= 4 is 11.7 Å². The molecule has 0 radical (unpaired) electrons. The number of carbonyl (C=O) groups excluding carboxylic acids is 1. The standard InChI is InChI=1S/C24H24N2O2/c1-6-28-24(27)23-22(21(25-4)15-26(23)5)18-13-11-17(12-14-18)20-10-8-7-9-19(20)16(2)3/h7-16H,6H2,1-3,5H3. The minimum Gasteiger partial charge on any atom is -0.461 e. The average molecular weight is 372 g/mol. The van der Waals surface area contributed by atoms with E-state index in [0.717, 1.165) is 11.1 Å². The molecule has 0 aliphatic rings. The fourth-order valence-corrected chi connectivity index (χ4v) is 3.50. The number of aromatic nitrogens is 1. The molecule has 2 aromatic carbocycles. The molecule has 0 saturated heterocycles. The number of carbonyl (C=O) groups is 1. The molecule has 0 amide bonds. The van der Waals surface area contributed by atoms with Crippen LogP contribution in [0.25, 0.3) is 27.1 Å². The number of aryl methyl sites for hydroxylation is 1. The lowest BCUT2D eigenvalue weighted by Gasteiger charge is -2.13. The molecule has 28 heavy (non-hydrogen) atoms. The van der Waals surface area contributed by atoms with Crippen LogP contribution in [0.5, 0.6) is 0 Å². The fraction of sp³-hybridized carbons (Fsp3) is 0.250. The highest BCUT2D eigenvalue weighted by atomic mass is 16.5. The van der Waals surface area contributed by atoms with Gasteiger partial charge in [0.2, 0.25) is 5.69 Å². The van der Waals surface area contributed by atoms with Crippen LogP contribution in [0.1, 0.15) is 42.7 Å². The van der Waals surface area contributed by atoms with Crippen molar-refractivity contribution in [3.05, 3.63) is 77.4 Å². The van der Waals surface area contributed by atoms with E-state index >= 15 is 0 Å². The molecule has 0 fully saturated rings. The minimum atomic E-state index is -0.413. The summed E-state index contributed by atoms with van der Waals surface area (Å²) in [6.07, 6.45) is 1.68. The number of ether oxygens (including phenoxy) is 1. The van der Waals surface area contributed by atoms with Gasteiger partial charge in [-0.05, 0) is 35.1 Å². The topological polar surface area (TPSA) is 35.6 Å². The van der Waals surface area contributed by atoms with E-state index in [2.05, 4.69) is 36.9 Å². The Labute approximate surface area is 166 Å². The Bertz CT molecular complexity index is 1040. The molecule has 1 aromatic heterocycles. The monoisotopic (exact) mass is 372 g/mol. The SMILES string of the molecule is [C-]#[N+]c1cn(C)c(C(=O)OCC)c1-c1ccc(-c2ccccc2C(C)C)cc1. The molecule has 3 aromatic rings. The summed E-state index contributed by atoms with van der Waals surface area (Å²) in [4.78, 5) is 16.1. The lowest BCUT2D eigenvalue weighted by atomic mass is 9.91. The van der Waals surface area contributed by atoms with E-state index in [1.165, 1.54) is 11.1 Å². The predicted molar refractivity (Wildman–Crippen MR) is 113 cm³/mol. The number of hydrogen-bond donors (Lipinski definition) is 0. The summed E-state index contributed by atoms with van der Waals surface area (Å²) < 4.78 is 6.87. The number of hydrogen-bond acceptors (Lipinski definition) is 2. The van der Waals surface area contributed by atoms with Gasteiger partial charge in [-0.1, -0.05) is 62.4 Å². The van der Waals surface area contributed by atoms with Gasteiger partial charge in [0.25, 0.3) is 0 Å². The Morgan fingerprint density at radius 1 is 1.11 bits per heavy atom. The van der Waals surface area contributed by atoms with Crippen LogP contribution in [0.4, 0.5) is 5.69 Å². The average Bonchev–Trinajstić information content (AvgIpc) is 3.04. The van der Waals surface area contributed by atoms with Gasteiger partial charge < -0.3 is 9.30 Å². The van der Waals surface area contributed by atoms with Gasteiger partial charge in [0.1, 0.15) is 5.69 Å². The van der Waals surface area contributed by atoms with Crippen molar-refractivity contribution in [2.75, 3.05) is 6.61 Å². The molecule has 0 aliphatic carbocycles. The van der Waals surface area contributed by atoms with Gasteiger partial charge in [0.05, 0.1) is 13.2 Å². The summed E-state index contributed by atoms with van der Waals surface area (Å²) in [6, 6.07) is 16.4. The van der Waals surface area contributed by atoms with Crippen molar-refractivity contribution in [2.45, 2.75) is 26.7 Å². The van der Waals surface area contributed by atoms with Crippen molar-refractivity contribution in [1.29, 1.82) is 0 Å². The third-order valence-corrected chi connectivity index (χ3v) is 4.82. The van der Waals surface area contributed by atoms with Crippen LogP contribution in [-0.4, -0.2) is 17.1 Å². The van der Waals surface area contributed by atoms with Crippen LogP contribution >= 0.6 is 0 Å². The molecule has 0 saturated carbocycles. The molecule has 0 spiro atoms. The van der Waals surface area contributed by atoms with Crippen LogP contribution in [0.2, 0.25) is 0 Å². The normalized spacial score (nSPS) is 10.7. The highest BCUT2D eigenvalue weighted by Crippen LogP contribution is 2.37. The van der Waals surface area contributed by atoms with E-state index in [1.807, 2.05) is 30.3 Å². The molecule has 0 N–H and O–H groups in total. The fourth-order valence-electron chi connectivity index (χ4n) is 3.50. The molecule has 0 aliphatic heterocycles. The zero-order chi connectivity index (χ0) is 20.3. The summed E-state index contributed by atoms with van der Waals surface area (Å²) in [5.74, 6) is 0.0123. The smallest absolute Gasteiger partial charge is 0.354 e. The first-order valence-electron chi connectivity index (χ1n) is 9.41. The summed E-state index contributed by atoms with van der Waals surface area (Å²) >= 11 is 0. The zero-order valence-electron chi connectivity index (χ0n) is 16.7. The molecule has 1 heterocycles. The van der Waals surface area contributed by atoms with Crippen molar-refractivity contribution in [1.82, 2.24) is 4.57 Å². The summed E-state index contributed by atoms with van der Waals surface area (Å²) in [7, 11) is 1.76. The maximum atomic E-state index is 12.5. The number of esters is 1. The van der Waals surface area contributed by atoms with Crippen molar-refractivity contribution < 1.29 is 9.53 Å². The van der Waals surface area contributed by atoms with Crippen molar-refractivity contribution in [3.63, 3.8) is 0 Å². The summed E-state index contributed by atoms with van der Waals surface area (Å²) in [6.45, 7) is 13.9. The van der Waals surface area contributed by atoms with Crippen LogP contribution in [0.3, 0.4) is 0 Å². The number of rotatable bonds is 5. The molecule has 0 bridgehead atoms. The Balaban J connectivity index is 2.09. The van der Waals surface area contributed by atoms with Gasteiger partial charge >= 0.3 is 5.97 Å². The van der Waals surface area contributed by atoms with E-state index in [4.69, 9.17) is 11.3 Å². The second-order valence-electron chi connectivity index (χ2n) is 7.00. The zero-order valence-corrected chi connectivity index (χ0v) is 16.7. The van der Waals surface area contributed by atoms with E-state index in [-0.39, 0.29) is 0 Å². The maximum Gasteiger partial charge on any atom is 0.354 e. The molecule has 4 heteroatoms. The Morgan fingerprint density at radius 2 is 1.75 bits per heavy atom. The third-order valence-electron chi connectivity index (χ3n) is 4.82. The highest BCUT2D eigenvalue weighted by molar-refractivity contribution is 6.00. The lowest BCUT2D eigenvalue weighted by molar-refractivity contribution is 0.0516. The van der Waals surface area contributed by atoms with E-state index in [9.17, 15) is 4.79 Å². The van der Waals surface area contributed by atoms with Gasteiger partial charge in [-0.3, -0.25) is 0 Å². The van der Waals surface area contributed by atoms with Gasteiger partial charge in [0.15, 0.2) is 0 Å². The Hall–Kier alpha value is -3.32. The first-order valence-corrected chi connectivity index (χ1v) is 9.41. The van der Waals surface area contributed by atoms with Crippen LogP contribution in [0, 0.1) is 6.57 Å². The predicted octanol–water partition coefficient (Wildman–Crippen LogP) is 6.21. The summed E-state index contributed by atoms with van der Waals surface area (Å²) in [5, 5.41) is 0. The third kappa shape index (κ3) is 3.57. The van der Waals surface area contributed by atoms with Crippen molar-refractivity contribution in [2.24, 2.45) is 7.05 Å². The quantitative estimate of drug-likeness (QED) is 0.394. The van der Waals surface area contributed by atoms with E-state index < -0.39 is 5.97 Å². The number of benzene rings is 2. The van der Waals surface area contributed by atoms with Gasteiger partial charge in [-0.15, -0.1) is 0 Å². The molecule has 142 valence electrons. The Morgan fingerprint density at radius 3 is 2.36 bits per heavy atom. The first-order chi connectivity index (χ1) is 13.5. The first kappa shape index (κ1) is 19.4. The molecular formula is C24H24N2O2. The highest BCUT2D eigenvalue weighted by Gasteiger charge is 2.22. The van der Waals surface area contributed by atoms with E-state index in [1.54, 1.807) is 24.7 Å². The van der Waals surface area contributed by atoms with Gasteiger partial charge in [-0.25, -0.2) is 9.64 Å². The minimum absolute atomic E-state index is 0.293. The van der Waals surface area contributed by atoms with E-state index in [0.29, 0.717) is 29.5 Å². The second-order valence-corrected chi connectivity index (χ2v) is 7.00. The molecule has 4 nitrogen and oxygen atoms in total. The maximum absolute atomic E-state index is 12.5. The van der Waals surface area contributed by atoms with Gasteiger partial charge in [0, 0.05) is 18.8 Å². The largest absolute Gasteiger partial charge is 0.461 e. The molecule has 0 unspecified atom stereocenters. The molecule has 3 rings (SSSR count). The summed E-state index contributed by atoms with van der Waals surface area (Å²) in [5.41, 5.74) is 5.92.